The number of hydrogen-bond donors (Lipinski definition) is 1. The summed E-state index contributed by atoms with van der Waals surface area (Å²) in [5.41, 5.74) is 1.46. The number of amides is 1. The number of nitrogens with zero attached hydrogens (tertiary/aromatic N) is 4. The van der Waals surface area contributed by atoms with Crippen LogP contribution in [0.4, 0.5) is 5.95 Å². The van der Waals surface area contributed by atoms with Gasteiger partial charge in [0, 0.05) is 9.85 Å². The minimum atomic E-state index is -0.314. The molecule has 1 aromatic carbocycles. The van der Waals surface area contributed by atoms with Crippen molar-refractivity contribution in [3.05, 3.63) is 69.2 Å². The molecule has 0 spiro atoms. The van der Waals surface area contributed by atoms with Crippen molar-refractivity contribution in [1.82, 2.24) is 19.7 Å². The van der Waals surface area contributed by atoms with Crippen molar-refractivity contribution in [3.63, 3.8) is 0 Å². The lowest BCUT2D eigenvalue weighted by Crippen LogP contribution is -2.14. The molecule has 0 aliphatic rings. The molecule has 6 nitrogen and oxygen atoms in total. The Bertz CT molecular complexity index is 1020. The average molecular weight is 446 g/mol. The van der Waals surface area contributed by atoms with Crippen molar-refractivity contribution < 1.29 is 4.79 Å². The lowest BCUT2D eigenvalue weighted by Gasteiger charge is -2.01. The maximum absolute atomic E-state index is 12.3. The molecule has 0 saturated carbocycles. The summed E-state index contributed by atoms with van der Waals surface area (Å²) in [6.07, 6.45) is 1.59. The first-order valence-corrected chi connectivity index (χ1v) is 10.2. The third kappa shape index (κ3) is 3.90. The van der Waals surface area contributed by atoms with E-state index in [0.29, 0.717) is 12.2 Å². The summed E-state index contributed by atoms with van der Waals surface area (Å²) >= 11 is 6.45. The van der Waals surface area contributed by atoms with Gasteiger partial charge in [-0.15, -0.1) is 27.8 Å². The second-order valence-electron chi connectivity index (χ2n) is 5.36. The van der Waals surface area contributed by atoms with Crippen LogP contribution in [0.3, 0.4) is 0 Å². The second-order valence-corrected chi connectivity index (χ2v) is 8.08. The fraction of sp³-hybridized carbons (Fsp3) is 0.0588. The van der Waals surface area contributed by atoms with Gasteiger partial charge in [-0.1, -0.05) is 34.1 Å². The summed E-state index contributed by atoms with van der Waals surface area (Å²) in [4.78, 5) is 21.9. The predicted molar refractivity (Wildman–Crippen MR) is 107 cm³/mol. The summed E-state index contributed by atoms with van der Waals surface area (Å²) in [5, 5.41) is 11.5. The zero-order valence-corrected chi connectivity index (χ0v) is 16.5. The Hall–Kier alpha value is -2.36. The molecule has 0 radical (unpaired) electrons. The molecule has 4 aromatic rings. The van der Waals surface area contributed by atoms with Crippen LogP contribution >= 0.6 is 38.6 Å². The van der Waals surface area contributed by atoms with Crippen molar-refractivity contribution in [3.8, 4) is 9.88 Å². The highest BCUT2D eigenvalue weighted by molar-refractivity contribution is 9.10. The molecular formula is C17H12BrN5OS2. The quantitative estimate of drug-likeness (QED) is 0.489. The van der Waals surface area contributed by atoms with Crippen LogP contribution in [-0.4, -0.2) is 25.7 Å². The molecule has 3 heterocycles. The van der Waals surface area contributed by atoms with Gasteiger partial charge in [-0.05, 0) is 29.1 Å². The minimum Gasteiger partial charge on any atom is -0.288 e. The molecule has 0 saturated heterocycles. The van der Waals surface area contributed by atoms with Crippen LogP contribution in [0.2, 0.25) is 0 Å². The van der Waals surface area contributed by atoms with Crippen LogP contribution in [0.25, 0.3) is 9.88 Å². The third-order valence-electron chi connectivity index (χ3n) is 3.49. The number of rotatable bonds is 5. The fourth-order valence-electron chi connectivity index (χ4n) is 2.26. The smallest absolute Gasteiger partial charge is 0.277 e. The third-order valence-corrected chi connectivity index (χ3v) is 5.90. The van der Waals surface area contributed by atoms with E-state index in [1.807, 2.05) is 41.8 Å². The molecule has 26 heavy (non-hydrogen) atoms. The zero-order chi connectivity index (χ0) is 17.9. The number of carbonyl (C=O) groups is 1. The molecule has 3 aromatic heterocycles. The van der Waals surface area contributed by atoms with E-state index in [2.05, 4.69) is 36.3 Å². The van der Waals surface area contributed by atoms with Crippen molar-refractivity contribution >= 4 is 50.5 Å². The Balaban J connectivity index is 1.42. The molecule has 0 atom stereocenters. The van der Waals surface area contributed by atoms with Crippen LogP contribution in [0.15, 0.2) is 58.0 Å². The van der Waals surface area contributed by atoms with Gasteiger partial charge in [0.05, 0.1) is 11.4 Å². The first-order valence-electron chi connectivity index (χ1n) is 7.62. The Labute approximate surface area is 165 Å². The van der Waals surface area contributed by atoms with Crippen molar-refractivity contribution in [2.45, 2.75) is 6.54 Å². The summed E-state index contributed by atoms with van der Waals surface area (Å²) in [6, 6.07) is 11.9. The summed E-state index contributed by atoms with van der Waals surface area (Å²) < 4.78 is 2.70. The Morgan fingerprint density at radius 2 is 2.04 bits per heavy atom. The van der Waals surface area contributed by atoms with Crippen LogP contribution in [0.5, 0.6) is 0 Å². The minimum absolute atomic E-state index is 0.262. The van der Waals surface area contributed by atoms with E-state index < -0.39 is 0 Å². The van der Waals surface area contributed by atoms with Gasteiger partial charge in [0.1, 0.15) is 17.0 Å². The molecule has 0 unspecified atom stereocenters. The number of thiophene rings is 1. The first-order chi connectivity index (χ1) is 12.7. The molecule has 130 valence electrons. The number of nitrogens with one attached hydrogen (secondary N) is 1. The maximum Gasteiger partial charge on any atom is 0.277 e. The van der Waals surface area contributed by atoms with Gasteiger partial charge in [0.2, 0.25) is 5.95 Å². The second kappa shape index (κ2) is 7.48. The van der Waals surface area contributed by atoms with Gasteiger partial charge in [0.15, 0.2) is 0 Å². The van der Waals surface area contributed by atoms with E-state index in [1.54, 1.807) is 27.7 Å². The number of anilines is 1. The normalized spacial score (nSPS) is 10.8. The topological polar surface area (TPSA) is 72.7 Å². The zero-order valence-electron chi connectivity index (χ0n) is 13.3. The molecule has 4 rings (SSSR count). The highest BCUT2D eigenvalue weighted by Gasteiger charge is 2.14. The highest BCUT2D eigenvalue weighted by atomic mass is 79.9. The SMILES string of the molecule is O=C(Nc1ncn(Cc2ccc(Br)cc2)n1)c1csc(-c2cccs2)n1. The number of halogens is 1. The number of hydrogen-bond acceptors (Lipinski definition) is 6. The molecular weight excluding hydrogens is 434 g/mol. The number of benzene rings is 1. The highest BCUT2D eigenvalue weighted by Crippen LogP contribution is 2.27. The lowest BCUT2D eigenvalue weighted by molar-refractivity contribution is 0.102. The molecule has 0 aliphatic heterocycles. The molecule has 9 heteroatoms. The molecule has 0 aliphatic carbocycles. The van der Waals surface area contributed by atoms with E-state index in [4.69, 9.17) is 0 Å². The van der Waals surface area contributed by atoms with Gasteiger partial charge in [0.25, 0.3) is 5.91 Å². The van der Waals surface area contributed by atoms with Crippen LogP contribution < -0.4 is 5.32 Å². The Kier molecular flexibility index (Phi) is 4.91. The van der Waals surface area contributed by atoms with Crippen molar-refractivity contribution in [2.24, 2.45) is 0 Å². The predicted octanol–water partition coefficient (Wildman–Crippen LogP) is 4.53. The molecule has 0 fully saturated rings. The van der Waals surface area contributed by atoms with Gasteiger partial charge in [-0.25, -0.2) is 14.6 Å². The van der Waals surface area contributed by atoms with Crippen LogP contribution in [-0.2, 0) is 6.54 Å². The molecule has 0 bridgehead atoms. The molecule has 1 amide bonds. The van der Waals surface area contributed by atoms with Crippen LogP contribution in [0.1, 0.15) is 16.1 Å². The van der Waals surface area contributed by atoms with Gasteiger partial charge in [-0.3, -0.25) is 10.1 Å². The van der Waals surface area contributed by atoms with Gasteiger partial charge >= 0.3 is 0 Å². The van der Waals surface area contributed by atoms with Gasteiger partial charge in [-0.2, -0.15) is 0 Å². The first kappa shape index (κ1) is 17.1. The summed E-state index contributed by atoms with van der Waals surface area (Å²) in [6.45, 7) is 0.579. The summed E-state index contributed by atoms with van der Waals surface area (Å²) in [5.74, 6) is -0.0526. The number of aromatic nitrogens is 4. The Morgan fingerprint density at radius 1 is 1.19 bits per heavy atom. The summed E-state index contributed by atoms with van der Waals surface area (Å²) in [7, 11) is 0. The fourth-order valence-corrected chi connectivity index (χ4v) is 4.14. The van der Waals surface area contributed by atoms with E-state index in [0.717, 1.165) is 19.9 Å². The van der Waals surface area contributed by atoms with E-state index >= 15 is 0 Å². The van der Waals surface area contributed by atoms with Gasteiger partial charge < -0.3 is 0 Å². The van der Waals surface area contributed by atoms with E-state index in [9.17, 15) is 4.79 Å². The monoisotopic (exact) mass is 445 g/mol. The Morgan fingerprint density at radius 3 is 2.81 bits per heavy atom. The average Bonchev–Trinajstić information content (AvgIpc) is 3.38. The van der Waals surface area contributed by atoms with Crippen LogP contribution in [0, 0.1) is 0 Å². The number of thiazole rings is 1. The van der Waals surface area contributed by atoms with E-state index in [-0.39, 0.29) is 11.9 Å². The van der Waals surface area contributed by atoms with Crippen molar-refractivity contribution in [1.29, 1.82) is 0 Å². The number of carbonyl (C=O) groups excluding carboxylic acids is 1. The van der Waals surface area contributed by atoms with Crippen molar-refractivity contribution in [2.75, 3.05) is 5.32 Å². The lowest BCUT2D eigenvalue weighted by atomic mass is 10.2. The molecule has 1 N–H and O–H groups in total. The maximum atomic E-state index is 12.3. The van der Waals surface area contributed by atoms with E-state index in [1.165, 1.54) is 11.3 Å². The largest absolute Gasteiger partial charge is 0.288 e. The standard InChI is InChI=1S/C17H12BrN5OS2/c18-12-5-3-11(4-6-12)8-23-10-19-17(22-23)21-15(24)13-9-26-16(20-13)14-2-1-7-25-14/h1-7,9-10H,8H2,(H,21,22,24).